The van der Waals surface area contributed by atoms with E-state index in [4.69, 9.17) is 10.8 Å². The van der Waals surface area contributed by atoms with Crippen LogP contribution in [0.25, 0.3) is 0 Å². The average Bonchev–Trinajstić information content (AvgIpc) is 1.96. The molecule has 5 nitrogen and oxygen atoms in total. The minimum Gasteiger partial charge on any atom is -0.480 e. The lowest BCUT2D eigenvalue weighted by Gasteiger charge is -2.28. The normalized spacial score (nSPS) is 26.4. The molecule has 0 aliphatic carbocycles. The van der Waals surface area contributed by atoms with Gasteiger partial charge in [0.25, 0.3) is 0 Å². The van der Waals surface area contributed by atoms with Crippen LogP contribution in [0.4, 0.5) is 0 Å². The van der Waals surface area contributed by atoms with E-state index in [0.29, 0.717) is 0 Å². The van der Waals surface area contributed by atoms with Gasteiger partial charge in [-0.15, -0.1) is 0 Å². The summed E-state index contributed by atoms with van der Waals surface area (Å²) in [6.45, 7) is 0. The molecule has 0 unspecified atom stereocenters. The molecular formula is C6H11NO4S. The standard InChI is InChI=1S/C6H11NO4S/c7-6(5(8)9)1-3-12(10,11)4-2-6/h1-4,7H2,(H,8,9). The van der Waals surface area contributed by atoms with Crippen LogP contribution < -0.4 is 5.73 Å². The van der Waals surface area contributed by atoms with Gasteiger partial charge in [0.05, 0.1) is 11.5 Å². The molecule has 1 aliphatic heterocycles. The van der Waals surface area contributed by atoms with E-state index in [9.17, 15) is 13.2 Å². The first-order valence-corrected chi connectivity index (χ1v) is 5.41. The van der Waals surface area contributed by atoms with E-state index in [1.807, 2.05) is 0 Å². The Morgan fingerprint density at radius 1 is 1.33 bits per heavy atom. The lowest BCUT2D eigenvalue weighted by molar-refractivity contribution is -0.143. The topological polar surface area (TPSA) is 97.5 Å². The fraction of sp³-hybridized carbons (Fsp3) is 0.833. The fourth-order valence-electron chi connectivity index (χ4n) is 1.12. The Bertz CT molecular complexity index is 281. The number of aliphatic carboxylic acids is 1. The van der Waals surface area contributed by atoms with E-state index < -0.39 is 21.3 Å². The summed E-state index contributed by atoms with van der Waals surface area (Å²) in [5.41, 5.74) is 4.13. The van der Waals surface area contributed by atoms with Gasteiger partial charge in [-0.25, -0.2) is 8.42 Å². The largest absolute Gasteiger partial charge is 0.480 e. The summed E-state index contributed by atoms with van der Waals surface area (Å²) in [5, 5.41) is 8.65. The van der Waals surface area contributed by atoms with Crippen molar-refractivity contribution in [3.8, 4) is 0 Å². The predicted molar refractivity (Wildman–Crippen MR) is 42.4 cm³/mol. The average molecular weight is 193 g/mol. The summed E-state index contributed by atoms with van der Waals surface area (Å²) < 4.78 is 21.8. The summed E-state index contributed by atoms with van der Waals surface area (Å²) >= 11 is 0. The number of sulfone groups is 1. The van der Waals surface area contributed by atoms with Gasteiger partial charge in [-0.1, -0.05) is 0 Å². The molecule has 0 amide bonds. The Hall–Kier alpha value is -0.620. The van der Waals surface area contributed by atoms with Crippen molar-refractivity contribution >= 4 is 15.8 Å². The maximum atomic E-state index is 10.9. The smallest absolute Gasteiger partial charge is 0.323 e. The quantitative estimate of drug-likeness (QED) is 0.555. The van der Waals surface area contributed by atoms with Crippen LogP contribution in [0.2, 0.25) is 0 Å². The molecule has 1 saturated heterocycles. The Labute approximate surface area is 70.5 Å². The van der Waals surface area contributed by atoms with Gasteiger partial charge in [0.2, 0.25) is 0 Å². The first kappa shape index (κ1) is 9.47. The number of hydrogen-bond acceptors (Lipinski definition) is 4. The van der Waals surface area contributed by atoms with Gasteiger partial charge in [0.15, 0.2) is 0 Å². The first-order valence-electron chi connectivity index (χ1n) is 3.58. The van der Waals surface area contributed by atoms with Gasteiger partial charge in [0.1, 0.15) is 15.4 Å². The minimum atomic E-state index is -3.03. The highest BCUT2D eigenvalue weighted by Crippen LogP contribution is 2.21. The number of hydrogen-bond donors (Lipinski definition) is 2. The van der Waals surface area contributed by atoms with E-state index in [0.717, 1.165) is 0 Å². The van der Waals surface area contributed by atoms with E-state index in [1.165, 1.54) is 0 Å². The first-order chi connectivity index (χ1) is 5.36. The van der Waals surface area contributed by atoms with Gasteiger partial charge >= 0.3 is 5.97 Å². The molecule has 0 aromatic carbocycles. The maximum Gasteiger partial charge on any atom is 0.323 e. The molecule has 6 heteroatoms. The van der Waals surface area contributed by atoms with Crippen molar-refractivity contribution in [3.63, 3.8) is 0 Å². The zero-order chi connectivity index (χ0) is 9.41. The second-order valence-electron chi connectivity index (χ2n) is 3.11. The molecule has 0 bridgehead atoms. The molecule has 70 valence electrons. The third-order valence-electron chi connectivity index (χ3n) is 2.14. The Kier molecular flexibility index (Phi) is 2.13. The number of carboxylic acid groups (broad SMARTS) is 1. The van der Waals surface area contributed by atoms with Gasteiger partial charge in [-0.3, -0.25) is 4.79 Å². The van der Waals surface area contributed by atoms with E-state index in [1.54, 1.807) is 0 Å². The minimum absolute atomic E-state index is 0.0185. The Morgan fingerprint density at radius 2 is 1.75 bits per heavy atom. The summed E-state index contributed by atoms with van der Waals surface area (Å²) in [7, 11) is -3.03. The van der Waals surface area contributed by atoms with Crippen molar-refractivity contribution in [1.29, 1.82) is 0 Å². The summed E-state index contributed by atoms with van der Waals surface area (Å²) in [6, 6.07) is 0. The molecule has 3 N–H and O–H groups in total. The zero-order valence-electron chi connectivity index (χ0n) is 6.49. The number of carbonyl (C=O) groups is 1. The van der Waals surface area contributed by atoms with Crippen molar-refractivity contribution in [3.05, 3.63) is 0 Å². The lowest BCUT2D eigenvalue weighted by atomic mass is 9.94. The van der Waals surface area contributed by atoms with E-state index in [-0.39, 0.29) is 24.3 Å². The molecule has 0 atom stereocenters. The molecule has 1 aliphatic rings. The van der Waals surface area contributed by atoms with Crippen LogP contribution in [-0.2, 0) is 14.6 Å². The number of carboxylic acids is 1. The van der Waals surface area contributed by atoms with Crippen LogP contribution in [0.3, 0.4) is 0 Å². The van der Waals surface area contributed by atoms with Crippen LogP contribution in [0.5, 0.6) is 0 Å². The number of nitrogens with two attached hydrogens (primary N) is 1. The van der Waals surface area contributed by atoms with Crippen molar-refractivity contribution in [2.24, 2.45) is 5.73 Å². The molecule has 0 radical (unpaired) electrons. The highest BCUT2D eigenvalue weighted by Gasteiger charge is 2.39. The molecule has 0 aromatic heterocycles. The second kappa shape index (κ2) is 2.70. The van der Waals surface area contributed by atoms with Crippen LogP contribution in [0.15, 0.2) is 0 Å². The molecule has 0 spiro atoms. The highest BCUT2D eigenvalue weighted by atomic mass is 32.2. The summed E-state index contributed by atoms with van der Waals surface area (Å²) in [4.78, 5) is 10.6. The van der Waals surface area contributed by atoms with Crippen LogP contribution in [0, 0.1) is 0 Å². The lowest BCUT2D eigenvalue weighted by Crippen LogP contribution is -2.53. The highest BCUT2D eigenvalue weighted by molar-refractivity contribution is 7.91. The van der Waals surface area contributed by atoms with E-state index >= 15 is 0 Å². The van der Waals surface area contributed by atoms with Gasteiger partial charge in [-0.05, 0) is 12.8 Å². The maximum absolute atomic E-state index is 10.9. The predicted octanol–water partition coefficient (Wildman–Crippen LogP) is -1.02. The molecule has 12 heavy (non-hydrogen) atoms. The Balaban J connectivity index is 2.74. The second-order valence-corrected chi connectivity index (χ2v) is 5.42. The third kappa shape index (κ3) is 1.75. The molecule has 1 heterocycles. The van der Waals surface area contributed by atoms with Crippen LogP contribution in [-0.4, -0.2) is 36.5 Å². The number of rotatable bonds is 1. The van der Waals surface area contributed by atoms with Gasteiger partial charge in [-0.2, -0.15) is 0 Å². The van der Waals surface area contributed by atoms with Crippen molar-refractivity contribution in [2.75, 3.05) is 11.5 Å². The molecule has 1 rings (SSSR count). The van der Waals surface area contributed by atoms with Crippen molar-refractivity contribution in [1.82, 2.24) is 0 Å². The molecule has 0 aromatic rings. The summed E-state index contributed by atoms with van der Waals surface area (Å²) in [6.07, 6.45) is 0.0370. The monoisotopic (exact) mass is 193 g/mol. The van der Waals surface area contributed by atoms with E-state index in [2.05, 4.69) is 0 Å². The Morgan fingerprint density at radius 3 is 2.08 bits per heavy atom. The zero-order valence-corrected chi connectivity index (χ0v) is 7.30. The van der Waals surface area contributed by atoms with Crippen molar-refractivity contribution < 1.29 is 18.3 Å². The van der Waals surface area contributed by atoms with Gasteiger partial charge < -0.3 is 10.8 Å². The molecule has 0 saturated carbocycles. The van der Waals surface area contributed by atoms with Crippen LogP contribution >= 0.6 is 0 Å². The fourth-order valence-corrected chi connectivity index (χ4v) is 2.67. The third-order valence-corrected chi connectivity index (χ3v) is 3.80. The van der Waals surface area contributed by atoms with Crippen molar-refractivity contribution in [2.45, 2.75) is 18.4 Å². The summed E-state index contributed by atoms with van der Waals surface area (Å²) in [5.74, 6) is -1.34. The molecular weight excluding hydrogens is 182 g/mol. The van der Waals surface area contributed by atoms with Gasteiger partial charge in [0, 0.05) is 0 Å². The van der Waals surface area contributed by atoms with Crippen LogP contribution in [0.1, 0.15) is 12.8 Å². The molecule has 1 fully saturated rings. The SMILES string of the molecule is NC1(C(=O)O)CCS(=O)(=O)CC1.